The molecule has 3 N–H and O–H groups in total. The summed E-state index contributed by atoms with van der Waals surface area (Å²) in [6.45, 7) is 0. The monoisotopic (exact) mass is 295 g/mol. The van der Waals surface area contributed by atoms with E-state index in [1.807, 2.05) is 0 Å². The molecule has 0 radical (unpaired) electrons. The lowest BCUT2D eigenvalue weighted by Gasteiger charge is -2.10. The highest BCUT2D eigenvalue weighted by Gasteiger charge is 2.12. The second kappa shape index (κ2) is 5.75. The molecule has 0 aliphatic heterocycles. The van der Waals surface area contributed by atoms with Gasteiger partial charge in [0.05, 0.1) is 18.5 Å². The summed E-state index contributed by atoms with van der Waals surface area (Å²) in [4.78, 5) is 15.4. The van der Waals surface area contributed by atoms with Crippen LogP contribution in [0.2, 0.25) is 5.02 Å². The Labute approximate surface area is 119 Å². The second-order valence-electron chi connectivity index (χ2n) is 3.88. The summed E-state index contributed by atoms with van der Waals surface area (Å²) >= 11 is 5.79. The van der Waals surface area contributed by atoms with Crippen LogP contribution in [0.4, 0.5) is 21.6 Å². The molecule has 0 aliphatic rings. The number of anilines is 3. The number of ether oxygens (including phenoxy) is 1. The number of pyridine rings is 1. The average molecular weight is 296 g/mol. The van der Waals surface area contributed by atoms with E-state index in [0.717, 1.165) is 0 Å². The number of halogens is 2. The van der Waals surface area contributed by atoms with Crippen LogP contribution in [0, 0.1) is 5.82 Å². The zero-order chi connectivity index (χ0) is 14.7. The van der Waals surface area contributed by atoms with Crippen molar-refractivity contribution in [3.05, 3.63) is 46.9 Å². The fraction of sp³-hybridized carbons (Fsp3) is 0.0769. The first-order chi connectivity index (χ1) is 9.51. The van der Waals surface area contributed by atoms with Crippen LogP contribution in [0.15, 0.2) is 30.3 Å². The SMILES string of the molecule is COC(=O)c1ccc(N)c(Nc2cc(Cl)ccc2F)n1. The predicted octanol–water partition coefficient (Wildman–Crippen LogP) is 2.99. The molecule has 0 atom stereocenters. The zero-order valence-corrected chi connectivity index (χ0v) is 11.2. The van der Waals surface area contributed by atoms with Crippen LogP contribution < -0.4 is 11.1 Å². The third-order valence-electron chi connectivity index (χ3n) is 2.50. The fourth-order valence-corrected chi connectivity index (χ4v) is 1.68. The quantitative estimate of drug-likeness (QED) is 0.851. The number of benzene rings is 1. The third-order valence-corrected chi connectivity index (χ3v) is 2.74. The van der Waals surface area contributed by atoms with Crippen LogP contribution in [-0.2, 0) is 4.74 Å². The van der Waals surface area contributed by atoms with Crippen molar-refractivity contribution < 1.29 is 13.9 Å². The number of methoxy groups -OCH3 is 1. The van der Waals surface area contributed by atoms with Gasteiger partial charge in [0.25, 0.3) is 0 Å². The van der Waals surface area contributed by atoms with Gasteiger partial charge >= 0.3 is 5.97 Å². The number of rotatable bonds is 3. The minimum atomic E-state index is -0.611. The van der Waals surface area contributed by atoms with Gasteiger partial charge in [0.1, 0.15) is 5.82 Å². The molecule has 5 nitrogen and oxygen atoms in total. The van der Waals surface area contributed by atoms with Crippen LogP contribution in [-0.4, -0.2) is 18.1 Å². The van der Waals surface area contributed by atoms with Crippen LogP contribution in [0.3, 0.4) is 0 Å². The minimum Gasteiger partial charge on any atom is -0.464 e. The number of nitrogens with two attached hydrogens (primary N) is 1. The molecule has 20 heavy (non-hydrogen) atoms. The number of nitrogens with zero attached hydrogens (tertiary/aromatic N) is 1. The Morgan fingerprint density at radius 2 is 2.15 bits per heavy atom. The van der Waals surface area contributed by atoms with Crippen molar-refractivity contribution in [1.82, 2.24) is 4.98 Å². The first-order valence-corrected chi connectivity index (χ1v) is 5.96. The maximum Gasteiger partial charge on any atom is 0.356 e. The Balaban J connectivity index is 2.37. The molecule has 1 aromatic carbocycles. The number of esters is 1. The van der Waals surface area contributed by atoms with Crippen LogP contribution in [0.1, 0.15) is 10.5 Å². The number of nitrogen functional groups attached to an aromatic ring is 1. The van der Waals surface area contributed by atoms with Gasteiger partial charge in [-0.2, -0.15) is 0 Å². The first kappa shape index (κ1) is 14.1. The van der Waals surface area contributed by atoms with Gasteiger partial charge in [-0.1, -0.05) is 11.6 Å². The van der Waals surface area contributed by atoms with Crippen molar-refractivity contribution in [1.29, 1.82) is 0 Å². The van der Waals surface area contributed by atoms with Gasteiger partial charge in [-0.3, -0.25) is 0 Å². The Bertz CT molecular complexity index is 664. The Morgan fingerprint density at radius 3 is 2.85 bits per heavy atom. The van der Waals surface area contributed by atoms with Gasteiger partial charge in [-0.25, -0.2) is 14.2 Å². The van der Waals surface area contributed by atoms with E-state index in [4.69, 9.17) is 17.3 Å². The molecule has 0 amide bonds. The highest BCUT2D eigenvalue weighted by atomic mass is 35.5. The second-order valence-corrected chi connectivity index (χ2v) is 4.31. The molecule has 1 aromatic heterocycles. The summed E-state index contributed by atoms with van der Waals surface area (Å²) in [6, 6.07) is 6.92. The summed E-state index contributed by atoms with van der Waals surface area (Å²) in [5.74, 6) is -0.979. The lowest BCUT2D eigenvalue weighted by atomic mass is 10.2. The maximum atomic E-state index is 13.6. The Hall–Kier alpha value is -2.34. The number of aromatic nitrogens is 1. The molecule has 0 saturated carbocycles. The molecule has 0 fully saturated rings. The van der Waals surface area contributed by atoms with E-state index in [1.54, 1.807) is 0 Å². The molecule has 0 spiro atoms. The molecule has 1 heterocycles. The molecule has 0 aliphatic carbocycles. The molecule has 2 rings (SSSR count). The van der Waals surface area contributed by atoms with Crippen molar-refractivity contribution in [3.8, 4) is 0 Å². The summed E-state index contributed by atoms with van der Waals surface area (Å²) in [6.07, 6.45) is 0. The Morgan fingerprint density at radius 1 is 1.40 bits per heavy atom. The van der Waals surface area contributed by atoms with Crippen molar-refractivity contribution in [2.45, 2.75) is 0 Å². The van der Waals surface area contributed by atoms with Gasteiger partial charge in [-0.05, 0) is 30.3 Å². The van der Waals surface area contributed by atoms with E-state index in [9.17, 15) is 9.18 Å². The standard InChI is InChI=1S/C13H11ClFN3O2/c1-20-13(19)10-5-4-9(16)12(17-10)18-11-6-7(14)2-3-8(11)15/h2-6H,16H2,1H3,(H,17,18). The minimum absolute atomic E-state index is 0.0617. The van der Waals surface area contributed by atoms with E-state index in [1.165, 1.54) is 37.4 Å². The molecular formula is C13H11ClFN3O2. The van der Waals surface area contributed by atoms with Crippen molar-refractivity contribution in [3.63, 3.8) is 0 Å². The van der Waals surface area contributed by atoms with Crippen LogP contribution >= 0.6 is 11.6 Å². The number of hydrogen-bond donors (Lipinski definition) is 2. The predicted molar refractivity (Wildman–Crippen MR) is 74.7 cm³/mol. The molecule has 0 bridgehead atoms. The summed E-state index contributed by atoms with van der Waals surface area (Å²) in [7, 11) is 1.24. The summed E-state index contributed by atoms with van der Waals surface area (Å²) in [5.41, 5.74) is 6.17. The summed E-state index contributed by atoms with van der Waals surface area (Å²) < 4.78 is 18.2. The van der Waals surface area contributed by atoms with E-state index in [0.29, 0.717) is 5.02 Å². The van der Waals surface area contributed by atoms with Gasteiger partial charge in [0, 0.05) is 5.02 Å². The third kappa shape index (κ3) is 2.97. The average Bonchev–Trinajstić information content (AvgIpc) is 2.44. The molecule has 7 heteroatoms. The van der Waals surface area contributed by atoms with Crippen LogP contribution in [0.25, 0.3) is 0 Å². The van der Waals surface area contributed by atoms with Gasteiger partial charge < -0.3 is 15.8 Å². The van der Waals surface area contributed by atoms with Gasteiger partial charge in [-0.15, -0.1) is 0 Å². The highest BCUT2D eigenvalue weighted by Crippen LogP contribution is 2.26. The van der Waals surface area contributed by atoms with E-state index in [-0.39, 0.29) is 22.9 Å². The lowest BCUT2D eigenvalue weighted by Crippen LogP contribution is -2.08. The molecular weight excluding hydrogens is 285 g/mol. The van der Waals surface area contributed by atoms with Gasteiger partial charge in [0.15, 0.2) is 11.5 Å². The smallest absolute Gasteiger partial charge is 0.356 e. The number of carbonyl (C=O) groups is 1. The van der Waals surface area contributed by atoms with E-state index < -0.39 is 11.8 Å². The van der Waals surface area contributed by atoms with E-state index >= 15 is 0 Å². The van der Waals surface area contributed by atoms with Crippen molar-refractivity contribution >= 4 is 34.8 Å². The molecule has 0 saturated heterocycles. The molecule has 0 unspecified atom stereocenters. The number of carbonyl (C=O) groups excluding carboxylic acids is 1. The fourth-order valence-electron chi connectivity index (χ4n) is 1.51. The highest BCUT2D eigenvalue weighted by molar-refractivity contribution is 6.30. The number of nitrogens with one attached hydrogen (secondary N) is 1. The normalized spacial score (nSPS) is 10.2. The first-order valence-electron chi connectivity index (χ1n) is 5.58. The van der Waals surface area contributed by atoms with Crippen LogP contribution in [0.5, 0.6) is 0 Å². The Kier molecular flexibility index (Phi) is 4.05. The van der Waals surface area contributed by atoms with E-state index in [2.05, 4.69) is 15.0 Å². The van der Waals surface area contributed by atoms with Crippen molar-refractivity contribution in [2.75, 3.05) is 18.2 Å². The number of hydrogen-bond acceptors (Lipinski definition) is 5. The van der Waals surface area contributed by atoms with Gasteiger partial charge in [0.2, 0.25) is 0 Å². The topological polar surface area (TPSA) is 77.2 Å². The largest absolute Gasteiger partial charge is 0.464 e. The molecule has 2 aromatic rings. The maximum absolute atomic E-state index is 13.6. The van der Waals surface area contributed by atoms with Crippen molar-refractivity contribution in [2.24, 2.45) is 0 Å². The zero-order valence-electron chi connectivity index (χ0n) is 10.5. The lowest BCUT2D eigenvalue weighted by molar-refractivity contribution is 0.0594. The summed E-state index contributed by atoms with van der Waals surface area (Å²) in [5, 5.41) is 3.06. The molecule has 104 valence electrons.